The summed E-state index contributed by atoms with van der Waals surface area (Å²) < 4.78 is 6.23. The normalized spacial score (nSPS) is 17.4. The minimum atomic E-state index is 0.445. The third-order valence-corrected chi connectivity index (χ3v) is 5.56. The maximum absolute atomic E-state index is 5.09. The number of methoxy groups -OCH3 is 1. The molecule has 0 aromatic heterocycles. The van der Waals surface area contributed by atoms with Gasteiger partial charge < -0.3 is 15.0 Å². The number of guanidine groups is 1. The molecule has 1 unspecified atom stereocenters. The lowest BCUT2D eigenvalue weighted by molar-refractivity contribution is 0.138. The quantitative estimate of drug-likeness (QED) is 0.393. The topological polar surface area (TPSA) is 40.1 Å². The van der Waals surface area contributed by atoms with Crippen LogP contribution in [-0.2, 0) is 4.74 Å². The monoisotopic (exact) mass is 424 g/mol. The first-order valence-corrected chi connectivity index (χ1v) is 10.4. The second-order valence-corrected chi connectivity index (χ2v) is 7.69. The number of hydrogen-bond donors (Lipinski definition) is 1. The van der Waals surface area contributed by atoms with E-state index in [0.717, 1.165) is 62.6 Å². The summed E-state index contributed by atoms with van der Waals surface area (Å²) in [6, 6.07) is 9.12. The average Bonchev–Trinajstić information content (AvgIpc) is 2.68. The summed E-state index contributed by atoms with van der Waals surface area (Å²) in [5.74, 6) is 1.03. The molecule has 1 N–H and O–H groups in total. The molecule has 1 fully saturated rings. The van der Waals surface area contributed by atoms with Gasteiger partial charge in [-0.25, -0.2) is 0 Å². The number of benzene rings is 1. The fraction of sp³-hybridized carbons (Fsp3) is 0.650. The van der Waals surface area contributed by atoms with Crippen LogP contribution < -0.4 is 5.32 Å². The van der Waals surface area contributed by atoms with E-state index in [1.807, 2.05) is 7.05 Å². The highest BCUT2D eigenvalue weighted by atomic mass is 79.9. The van der Waals surface area contributed by atoms with Crippen molar-refractivity contribution in [3.05, 3.63) is 34.3 Å². The summed E-state index contributed by atoms with van der Waals surface area (Å²) in [6.07, 6.45) is 3.47. The Morgan fingerprint density at radius 1 is 1.15 bits per heavy atom. The van der Waals surface area contributed by atoms with E-state index in [9.17, 15) is 0 Å². The first-order chi connectivity index (χ1) is 12.7. The van der Waals surface area contributed by atoms with Gasteiger partial charge in [-0.2, -0.15) is 0 Å². The van der Waals surface area contributed by atoms with Crippen molar-refractivity contribution in [1.29, 1.82) is 0 Å². The predicted molar refractivity (Wildman–Crippen MR) is 113 cm³/mol. The minimum Gasteiger partial charge on any atom is -0.385 e. The number of nitrogens with zero attached hydrogens (tertiary/aromatic N) is 3. The van der Waals surface area contributed by atoms with Crippen LogP contribution in [0.15, 0.2) is 33.7 Å². The summed E-state index contributed by atoms with van der Waals surface area (Å²) in [5.41, 5.74) is 1.38. The molecule has 1 aromatic rings. The number of aliphatic imine (C=N–C) groups is 1. The number of nitrogens with one attached hydrogen (secondary N) is 1. The van der Waals surface area contributed by atoms with E-state index in [4.69, 9.17) is 4.74 Å². The third kappa shape index (κ3) is 6.56. The Labute approximate surface area is 166 Å². The zero-order valence-corrected chi connectivity index (χ0v) is 18.0. The molecular formula is C20H33BrN4O. The molecule has 26 heavy (non-hydrogen) atoms. The van der Waals surface area contributed by atoms with Crippen LogP contribution in [0.25, 0.3) is 0 Å². The lowest BCUT2D eigenvalue weighted by atomic mass is 10.1. The zero-order valence-electron chi connectivity index (χ0n) is 16.4. The smallest absolute Gasteiger partial charge is 0.193 e. The Hall–Kier alpha value is -1.11. The van der Waals surface area contributed by atoms with E-state index in [1.54, 1.807) is 7.11 Å². The van der Waals surface area contributed by atoms with Crippen LogP contribution in [0.4, 0.5) is 0 Å². The summed E-state index contributed by atoms with van der Waals surface area (Å²) in [7, 11) is 3.64. The summed E-state index contributed by atoms with van der Waals surface area (Å²) >= 11 is 3.51. The number of ether oxygens (including phenoxy) is 1. The maximum Gasteiger partial charge on any atom is 0.193 e. The van der Waals surface area contributed by atoms with Crippen LogP contribution >= 0.6 is 15.9 Å². The first kappa shape index (κ1) is 21.2. The van der Waals surface area contributed by atoms with Crippen LogP contribution in [0.1, 0.15) is 37.8 Å². The molecule has 2 rings (SSSR count). The highest BCUT2D eigenvalue weighted by Gasteiger charge is 2.23. The van der Waals surface area contributed by atoms with Gasteiger partial charge in [0.25, 0.3) is 0 Å². The zero-order chi connectivity index (χ0) is 18.8. The summed E-state index contributed by atoms with van der Waals surface area (Å²) in [4.78, 5) is 9.39. The van der Waals surface area contributed by atoms with E-state index in [-0.39, 0.29) is 0 Å². The maximum atomic E-state index is 5.09. The standard InChI is InChI=1S/C20H33BrN4O/c1-17(18-7-9-19(21)10-8-18)24-12-14-25(15-13-24)20(22-2)23-11-5-4-6-16-26-3/h7-10,17H,4-6,11-16H2,1-3H3,(H,22,23). The molecule has 5 nitrogen and oxygen atoms in total. The third-order valence-electron chi connectivity index (χ3n) is 5.03. The van der Waals surface area contributed by atoms with E-state index in [1.165, 1.54) is 12.0 Å². The van der Waals surface area contributed by atoms with Crippen LogP contribution in [0, 0.1) is 0 Å². The highest BCUT2D eigenvalue weighted by molar-refractivity contribution is 9.10. The van der Waals surface area contributed by atoms with Gasteiger partial charge >= 0.3 is 0 Å². The molecule has 1 atom stereocenters. The van der Waals surface area contributed by atoms with Gasteiger partial charge in [0, 0.05) is 64.0 Å². The SMILES string of the molecule is CN=C(NCCCCCOC)N1CCN(C(C)c2ccc(Br)cc2)CC1. The molecule has 0 saturated carbocycles. The Kier molecular flexibility index (Phi) is 9.43. The van der Waals surface area contributed by atoms with Crippen molar-refractivity contribution in [1.82, 2.24) is 15.1 Å². The number of rotatable bonds is 8. The Morgan fingerprint density at radius 3 is 2.46 bits per heavy atom. The van der Waals surface area contributed by atoms with Crippen molar-refractivity contribution < 1.29 is 4.74 Å². The molecule has 1 aliphatic rings. The molecule has 0 amide bonds. The predicted octanol–water partition coefficient (Wildman–Crippen LogP) is 3.52. The fourth-order valence-electron chi connectivity index (χ4n) is 3.35. The molecule has 0 aliphatic carbocycles. The molecule has 1 saturated heterocycles. The Morgan fingerprint density at radius 2 is 1.85 bits per heavy atom. The first-order valence-electron chi connectivity index (χ1n) is 9.59. The van der Waals surface area contributed by atoms with E-state index < -0.39 is 0 Å². The number of piperazine rings is 1. The van der Waals surface area contributed by atoms with Gasteiger partial charge in [-0.1, -0.05) is 28.1 Å². The minimum absolute atomic E-state index is 0.445. The lowest BCUT2D eigenvalue weighted by Gasteiger charge is -2.39. The van der Waals surface area contributed by atoms with E-state index >= 15 is 0 Å². The van der Waals surface area contributed by atoms with Crippen LogP contribution in [0.5, 0.6) is 0 Å². The molecule has 1 aliphatic heterocycles. The highest BCUT2D eigenvalue weighted by Crippen LogP contribution is 2.23. The van der Waals surface area contributed by atoms with Crippen molar-refractivity contribution in [3.63, 3.8) is 0 Å². The fourth-order valence-corrected chi connectivity index (χ4v) is 3.62. The number of hydrogen-bond acceptors (Lipinski definition) is 3. The molecule has 1 aromatic carbocycles. The Bertz CT molecular complexity index is 541. The Balaban J connectivity index is 1.74. The number of halogens is 1. The lowest BCUT2D eigenvalue weighted by Crippen LogP contribution is -2.52. The molecular weight excluding hydrogens is 392 g/mol. The molecule has 0 radical (unpaired) electrons. The molecule has 1 heterocycles. The largest absolute Gasteiger partial charge is 0.385 e. The van der Waals surface area contributed by atoms with Gasteiger partial charge in [-0.15, -0.1) is 0 Å². The second kappa shape index (κ2) is 11.6. The van der Waals surface area contributed by atoms with Crippen molar-refractivity contribution in [2.24, 2.45) is 4.99 Å². The van der Waals surface area contributed by atoms with E-state index in [2.05, 4.69) is 67.2 Å². The second-order valence-electron chi connectivity index (χ2n) is 6.78. The molecule has 146 valence electrons. The van der Waals surface area contributed by atoms with Crippen molar-refractivity contribution >= 4 is 21.9 Å². The molecule has 0 spiro atoms. The van der Waals surface area contributed by atoms with Crippen molar-refractivity contribution in [3.8, 4) is 0 Å². The van der Waals surface area contributed by atoms with Crippen molar-refractivity contribution in [2.75, 3.05) is 53.5 Å². The van der Waals surface area contributed by atoms with E-state index in [0.29, 0.717) is 6.04 Å². The average molecular weight is 425 g/mol. The number of unbranched alkanes of at least 4 members (excludes halogenated alkanes) is 2. The van der Waals surface area contributed by atoms with Gasteiger partial charge in [0.2, 0.25) is 0 Å². The van der Waals surface area contributed by atoms with Gasteiger partial charge in [0.15, 0.2) is 5.96 Å². The van der Waals surface area contributed by atoms with Crippen molar-refractivity contribution in [2.45, 2.75) is 32.2 Å². The van der Waals surface area contributed by atoms with Gasteiger partial charge in [0.05, 0.1) is 0 Å². The van der Waals surface area contributed by atoms with Gasteiger partial charge in [-0.3, -0.25) is 9.89 Å². The molecule has 0 bridgehead atoms. The summed E-state index contributed by atoms with van der Waals surface area (Å²) in [6.45, 7) is 8.29. The molecule has 6 heteroatoms. The summed E-state index contributed by atoms with van der Waals surface area (Å²) in [5, 5.41) is 3.51. The van der Waals surface area contributed by atoms with Crippen LogP contribution in [-0.4, -0.2) is 69.2 Å². The van der Waals surface area contributed by atoms with Crippen LogP contribution in [0.2, 0.25) is 0 Å². The van der Waals surface area contributed by atoms with Crippen LogP contribution in [0.3, 0.4) is 0 Å². The van der Waals surface area contributed by atoms with Gasteiger partial charge in [0.1, 0.15) is 0 Å². The van der Waals surface area contributed by atoms with Gasteiger partial charge in [-0.05, 0) is 43.9 Å².